The van der Waals surface area contributed by atoms with E-state index >= 15 is 0 Å². The monoisotopic (exact) mass is 633 g/mol. The maximum Gasteiger partial charge on any atom is 0.264 e. The van der Waals surface area contributed by atoms with Gasteiger partial charge in [-0.15, -0.1) is 0 Å². The minimum absolute atomic E-state index is 0.00313. The van der Waals surface area contributed by atoms with E-state index in [-0.39, 0.29) is 23.3 Å². The van der Waals surface area contributed by atoms with Crippen molar-refractivity contribution in [3.05, 3.63) is 88.4 Å². The lowest BCUT2D eigenvalue weighted by Crippen LogP contribution is -2.52. The Kier molecular flexibility index (Phi) is 12.1. The van der Waals surface area contributed by atoms with Gasteiger partial charge in [0, 0.05) is 23.1 Å². The third-order valence-corrected chi connectivity index (χ3v) is 8.85. The van der Waals surface area contributed by atoms with Gasteiger partial charge in [0.25, 0.3) is 10.0 Å². The molecule has 226 valence electrons. The number of carbonyl (C=O) groups excluding carboxylic acids is 2. The summed E-state index contributed by atoms with van der Waals surface area (Å²) >= 11 is 12.5. The van der Waals surface area contributed by atoms with E-state index in [0.717, 1.165) is 4.31 Å². The number of hydrogen-bond acceptors (Lipinski definition) is 5. The van der Waals surface area contributed by atoms with Gasteiger partial charge in [0.05, 0.1) is 17.2 Å². The molecule has 0 saturated carbocycles. The predicted octanol–water partition coefficient (Wildman–Crippen LogP) is 6.17. The molecule has 2 amide bonds. The lowest BCUT2D eigenvalue weighted by atomic mass is 10.1. The Bertz CT molecular complexity index is 1450. The summed E-state index contributed by atoms with van der Waals surface area (Å²) in [7, 11) is -4.19. The number of amides is 2. The molecule has 3 rings (SSSR count). The summed E-state index contributed by atoms with van der Waals surface area (Å²) in [4.78, 5) is 28.8. The first-order valence-corrected chi connectivity index (χ1v) is 16.0. The third-order valence-electron chi connectivity index (χ3n) is 6.47. The summed E-state index contributed by atoms with van der Waals surface area (Å²) in [5.41, 5.74) is 0.881. The van der Waals surface area contributed by atoms with E-state index in [1.165, 1.54) is 17.0 Å². The van der Waals surface area contributed by atoms with E-state index in [1.54, 1.807) is 67.6 Å². The predicted molar refractivity (Wildman–Crippen MR) is 168 cm³/mol. The molecule has 0 saturated heterocycles. The number of para-hydroxylation sites is 1. The number of benzene rings is 3. The smallest absolute Gasteiger partial charge is 0.264 e. The zero-order chi connectivity index (χ0) is 30.9. The Morgan fingerprint density at radius 1 is 0.952 bits per heavy atom. The van der Waals surface area contributed by atoms with Gasteiger partial charge in [0.1, 0.15) is 18.3 Å². The van der Waals surface area contributed by atoms with Crippen LogP contribution in [0.1, 0.15) is 39.7 Å². The molecule has 1 unspecified atom stereocenters. The van der Waals surface area contributed by atoms with E-state index in [0.29, 0.717) is 46.6 Å². The first-order chi connectivity index (χ1) is 20.0. The van der Waals surface area contributed by atoms with Crippen LogP contribution < -0.4 is 14.4 Å². The quantitative estimate of drug-likeness (QED) is 0.229. The van der Waals surface area contributed by atoms with Crippen LogP contribution in [0.25, 0.3) is 0 Å². The zero-order valence-electron chi connectivity index (χ0n) is 24.2. The average molecular weight is 635 g/mol. The maximum atomic E-state index is 14.1. The van der Waals surface area contributed by atoms with Gasteiger partial charge >= 0.3 is 0 Å². The largest absolute Gasteiger partial charge is 0.494 e. The summed E-state index contributed by atoms with van der Waals surface area (Å²) in [6.07, 6.45) is 0.303. The van der Waals surface area contributed by atoms with Crippen molar-refractivity contribution in [2.45, 2.75) is 51.6 Å². The van der Waals surface area contributed by atoms with E-state index in [1.807, 2.05) is 20.8 Å². The minimum Gasteiger partial charge on any atom is -0.494 e. The Balaban J connectivity index is 2.03. The molecule has 0 aliphatic carbocycles. The summed E-state index contributed by atoms with van der Waals surface area (Å²) in [5, 5.41) is 3.67. The lowest BCUT2D eigenvalue weighted by molar-refractivity contribution is -0.140. The van der Waals surface area contributed by atoms with Crippen molar-refractivity contribution in [2.24, 2.45) is 5.92 Å². The third kappa shape index (κ3) is 8.63. The fourth-order valence-electron chi connectivity index (χ4n) is 4.30. The topological polar surface area (TPSA) is 96.0 Å². The second-order valence-corrected chi connectivity index (χ2v) is 12.8. The molecule has 0 fully saturated rings. The van der Waals surface area contributed by atoms with Gasteiger partial charge < -0.3 is 15.0 Å². The van der Waals surface area contributed by atoms with Crippen LogP contribution in [-0.2, 0) is 26.2 Å². The molecule has 8 nitrogen and oxygen atoms in total. The summed E-state index contributed by atoms with van der Waals surface area (Å²) < 4.78 is 34.4. The van der Waals surface area contributed by atoms with Crippen LogP contribution in [0.4, 0.5) is 5.69 Å². The molecule has 3 aromatic rings. The molecule has 3 aromatic carbocycles. The number of nitrogens with one attached hydrogen (secondary N) is 1. The highest BCUT2D eigenvalue weighted by Gasteiger charge is 2.34. The Morgan fingerprint density at radius 3 is 2.19 bits per heavy atom. The number of hydrogen-bond donors (Lipinski definition) is 1. The normalized spacial score (nSPS) is 12.1. The van der Waals surface area contributed by atoms with Gasteiger partial charge in [-0.05, 0) is 73.4 Å². The van der Waals surface area contributed by atoms with Crippen LogP contribution in [0.5, 0.6) is 5.75 Å². The van der Waals surface area contributed by atoms with Crippen LogP contribution >= 0.6 is 23.2 Å². The second kappa shape index (κ2) is 15.3. The van der Waals surface area contributed by atoms with Crippen molar-refractivity contribution in [3.8, 4) is 5.75 Å². The molecule has 0 aliphatic rings. The molecule has 0 aliphatic heterocycles. The Morgan fingerprint density at radius 2 is 1.62 bits per heavy atom. The molecule has 0 radical (unpaired) electrons. The minimum atomic E-state index is -4.19. The van der Waals surface area contributed by atoms with Crippen molar-refractivity contribution in [1.82, 2.24) is 10.2 Å². The molecular formula is C31H37Cl2N3O5S. The zero-order valence-corrected chi connectivity index (χ0v) is 26.5. The summed E-state index contributed by atoms with van der Waals surface area (Å²) in [6.45, 7) is 7.89. The van der Waals surface area contributed by atoms with Gasteiger partial charge in [-0.3, -0.25) is 13.9 Å². The molecule has 1 N–H and O–H groups in total. The van der Waals surface area contributed by atoms with Crippen molar-refractivity contribution < 1.29 is 22.7 Å². The number of ether oxygens (including phenoxy) is 1. The average Bonchev–Trinajstić information content (AvgIpc) is 2.96. The molecule has 0 spiro atoms. The highest BCUT2D eigenvalue weighted by Crippen LogP contribution is 2.27. The van der Waals surface area contributed by atoms with Crippen LogP contribution in [0.2, 0.25) is 10.0 Å². The van der Waals surface area contributed by atoms with Crippen molar-refractivity contribution in [1.29, 1.82) is 0 Å². The standard InChI is InChI=1S/C31H37Cl2N3O5S/c1-5-29(31(38)34-19-22(3)4)35(20-23-12-13-24(32)18-28(23)33)30(37)21-36(25-10-8-7-9-11-25)42(39,40)27-16-14-26(15-17-27)41-6-2/h7-18,22,29H,5-6,19-21H2,1-4H3,(H,34,38). The Labute approximate surface area is 258 Å². The van der Waals surface area contributed by atoms with Gasteiger partial charge in [-0.25, -0.2) is 8.42 Å². The molecule has 42 heavy (non-hydrogen) atoms. The lowest BCUT2D eigenvalue weighted by Gasteiger charge is -2.33. The number of rotatable bonds is 14. The number of carbonyl (C=O) groups is 2. The fourth-order valence-corrected chi connectivity index (χ4v) is 6.18. The van der Waals surface area contributed by atoms with Crippen LogP contribution in [-0.4, -0.2) is 50.9 Å². The molecule has 0 aromatic heterocycles. The Hall–Kier alpha value is -3.27. The molecule has 11 heteroatoms. The van der Waals surface area contributed by atoms with Gasteiger partial charge in [0.15, 0.2) is 0 Å². The highest BCUT2D eigenvalue weighted by molar-refractivity contribution is 7.92. The maximum absolute atomic E-state index is 14.1. The highest BCUT2D eigenvalue weighted by atomic mass is 35.5. The van der Waals surface area contributed by atoms with Crippen LogP contribution in [0.3, 0.4) is 0 Å². The van der Waals surface area contributed by atoms with Crippen LogP contribution in [0, 0.1) is 5.92 Å². The number of anilines is 1. The first kappa shape index (κ1) is 33.2. The van der Waals surface area contributed by atoms with E-state index in [4.69, 9.17) is 27.9 Å². The summed E-state index contributed by atoms with van der Waals surface area (Å²) in [5.74, 6) is -0.159. The van der Waals surface area contributed by atoms with Crippen molar-refractivity contribution >= 4 is 50.7 Å². The molecule has 1 atom stereocenters. The summed E-state index contributed by atoms with van der Waals surface area (Å²) in [6, 6.07) is 18.5. The molecular weight excluding hydrogens is 597 g/mol. The number of nitrogens with zero attached hydrogens (tertiary/aromatic N) is 2. The number of sulfonamides is 1. The second-order valence-electron chi connectivity index (χ2n) is 10.1. The van der Waals surface area contributed by atoms with Gasteiger partial charge in [-0.1, -0.05) is 68.2 Å². The van der Waals surface area contributed by atoms with Gasteiger partial charge in [0.2, 0.25) is 11.8 Å². The van der Waals surface area contributed by atoms with E-state index in [2.05, 4.69) is 5.32 Å². The molecule has 0 bridgehead atoms. The van der Waals surface area contributed by atoms with E-state index in [9.17, 15) is 18.0 Å². The first-order valence-electron chi connectivity index (χ1n) is 13.8. The number of halogens is 2. The molecule has 0 heterocycles. The van der Waals surface area contributed by atoms with Crippen molar-refractivity contribution in [2.75, 3.05) is 24.0 Å². The van der Waals surface area contributed by atoms with Crippen LogP contribution in [0.15, 0.2) is 77.7 Å². The SMILES string of the molecule is CCOc1ccc(S(=O)(=O)N(CC(=O)N(Cc2ccc(Cl)cc2Cl)C(CC)C(=O)NCC(C)C)c2ccccc2)cc1. The fraction of sp³-hybridized carbons (Fsp3) is 0.355. The van der Waals surface area contributed by atoms with Crippen molar-refractivity contribution in [3.63, 3.8) is 0 Å². The van der Waals surface area contributed by atoms with E-state index < -0.39 is 28.5 Å². The van der Waals surface area contributed by atoms with Gasteiger partial charge in [-0.2, -0.15) is 0 Å².